The Hall–Kier alpha value is -6.52. The fraction of sp³-hybridized carbons (Fsp3) is 0.375. The Morgan fingerprint density at radius 3 is 1.23 bits per heavy atom. The molecule has 2 N–H and O–H groups in total. The first-order valence-electron chi connectivity index (χ1n) is 27.6. The first-order chi connectivity index (χ1) is 37.9. The van der Waals surface area contributed by atoms with Crippen LogP contribution in [0.1, 0.15) is 104 Å². The third-order valence-corrected chi connectivity index (χ3v) is 15.3. The summed E-state index contributed by atoms with van der Waals surface area (Å²) in [4.78, 5) is 35.4. The molecule has 10 rings (SSSR count). The van der Waals surface area contributed by atoms with Crippen LogP contribution >= 0.6 is 24.8 Å². The smallest absolute Gasteiger partial charge is 0.252 e. The minimum Gasteiger partial charge on any atom is -0.356 e. The number of nitrogens with zero attached hydrogens (tertiary/aromatic N) is 6. The summed E-state index contributed by atoms with van der Waals surface area (Å²) in [5, 5.41) is 16.8. The van der Waals surface area contributed by atoms with Crippen LogP contribution in [0.5, 0.6) is 0 Å². The van der Waals surface area contributed by atoms with Crippen LogP contribution < -0.4 is 10.6 Å². The molecule has 0 saturated carbocycles. The van der Waals surface area contributed by atoms with Crippen molar-refractivity contribution in [1.82, 2.24) is 40.5 Å². The molecule has 2 fully saturated rings. The van der Waals surface area contributed by atoms with Crippen LogP contribution in [-0.4, -0.2) is 96.1 Å². The molecule has 2 aliphatic rings. The Morgan fingerprint density at radius 2 is 0.875 bits per heavy atom. The van der Waals surface area contributed by atoms with Crippen LogP contribution in [0.3, 0.4) is 0 Å². The number of piperidine rings is 2. The van der Waals surface area contributed by atoms with Crippen LogP contribution in [-0.2, 0) is 52.1 Å². The van der Waals surface area contributed by atoms with Gasteiger partial charge in [-0.1, -0.05) is 95.2 Å². The molecular formula is C64H76Cl2F2N8O4. The zero-order valence-electron chi connectivity index (χ0n) is 46.5. The van der Waals surface area contributed by atoms with Gasteiger partial charge in [0.1, 0.15) is 11.6 Å². The number of aromatic nitrogens is 2. The van der Waals surface area contributed by atoms with E-state index in [9.17, 15) is 18.4 Å². The number of likely N-dealkylation sites (tertiary alicyclic amines) is 2. The maximum Gasteiger partial charge on any atom is 0.252 e. The van der Waals surface area contributed by atoms with Crippen molar-refractivity contribution in [2.75, 3.05) is 54.4 Å². The maximum absolute atomic E-state index is 13.2. The van der Waals surface area contributed by atoms with E-state index in [1.54, 1.807) is 24.3 Å². The molecule has 0 spiro atoms. The number of fused-ring (bicyclic) bond motifs is 2. The lowest BCUT2D eigenvalue weighted by atomic mass is 9.90. The first kappa shape index (κ1) is 61.1. The lowest BCUT2D eigenvalue weighted by Gasteiger charge is -2.31. The van der Waals surface area contributed by atoms with Gasteiger partial charge in [0.25, 0.3) is 11.8 Å². The van der Waals surface area contributed by atoms with Crippen molar-refractivity contribution in [3.63, 3.8) is 0 Å². The summed E-state index contributed by atoms with van der Waals surface area (Å²) < 4.78 is 38.2. The molecule has 8 aromatic rings. The second-order valence-corrected chi connectivity index (χ2v) is 21.8. The zero-order valence-corrected chi connectivity index (χ0v) is 48.1. The highest BCUT2D eigenvalue weighted by Gasteiger charge is 2.25. The monoisotopic (exact) mass is 1130 g/mol. The molecule has 0 unspecified atom stereocenters. The molecule has 80 heavy (non-hydrogen) atoms. The highest BCUT2D eigenvalue weighted by atomic mass is 35.5. The Morgan fingerprint density at radius 1 is 0.512 bits per heavy atom. The predicted octanol–water partition coefficient (Wildman–Crippen LogP) is 12.5. The lowest BCUT2D eigenvalue weighted by molar-refractivity contribution is 0.0941. The number of hydrogen-bond acceptors (Lipinski definition) is 10. The van der Waals surface area contributed by atoms with Crippen molar-refractivity contribution >= 4 is 58.6 Å². The summed E-state index contributed by atoms with van der Waals surface area (Å²) in [6, 6.07) is 41.4. The molecule has 0 atom stereocenters. The van der Waals surface area contributed by atoms with Gasteiger partial charge in [0.05, 0.1) is 11.4 Å². The summed E-state index contributed by atoms with van der Waals surface area (Å²) in [6.07, 6.45) is 8.72. The number of carbonyl (C=O) groups is 2. The Kier molecular flexibility index (Phi) is 22.8. The van der Waals surface area contributed by atoms with Gasteiger partial charge in [-0.15, -0.1) is 24.8 Å². The quantitative estimate of drug-likeness (QED) is 0.0762. The lowest BCUT2D eigenvalue weighted by Crippen LogP contribution is -2.33. The third-order valence-electron chi connectivity index (χ3n) is 15.3. The van der Waals surface area contributed by atoms with Gasteiger partial charge in [-0.05, 0) is 188 Å². The summed E-state index contributed by atoms with van der Waals surface area (Å²) >= 11 is 0. The first-order valence-corrected chi connectivity index (χ1v) is 27.6. The standard InChI is InChI=1S/2C32H37FN4O2.2ClH/c2*1-36(2)22-29-27(32(38)34-20-24-8-11-26(33)12-9-24)13-14-28-30(35-39-31(28)29)15-10-23-16-18-37(19-17-23)21-25-6-4-3-5-7-25;;/h2*3-9,11-14,23H,10,15-22H2,1-2H3,(H,34,38);2*1H. The minimum atomic E-state index is -0.293. The van der Waals surface area contributed by atoms with E-state index in [4.69, 9.17) is 9.05 Å². The van der Waals surface area contributed by atoms with E-state index in [-0.39, 0.29) is 48.3 Å². The highest BCUT2D eigenvalue weighted by molar-refractivity contribution is 6.01. The molecule has 12 nitrogen and oxygen atoms in total. The molecule has 2 amide bonds. The van der Waals surface area contributed by atoms with Gasteiger partial charge in [0, 0.05) is 72.3 Å². The van der Waals surface area contributed by atoms with Gasteiger partial charge in [0.15, 0.2) is 11.2 Å². The molecule has 0 aliphatic carbocycles. The van der Waals surface area contributed by atoms with Crippen molar-refractivity contribution < 1.29 is 27.4 Å². The van der Waals surface area contributed by atoms with E-state index in [1.807, 2.05) is 62.3 Å². The van der Waals surface area contributed by atoms with E-state index in [2.05, 4.69) is 91.4 Å². The average Bonchev–Trinajstić information content (AvgIpc) is 4.12. The third kappa shape index (κ3) is 16.8. The molecule has 424 valence electrons. The van der Waals surface area contributed by atoms with Gasteiger partial charge in [-0.3, -0.25) is 19.4 Å². The number of rotatable bonds is 20. The summed E-state index contributed by atoms with van der Waals surface area (Å²) in [6.45, 7) is 8.33. The van der Waals surface area contributed by atoms with Gasteiger partial charge in [0.2, 0.25) is 0 Å². The molecule has 4 heterocycles. The van der Waals surface area contributed by atoms with Crippen LogP contribution in [0.25, 0.3) is 21.9 Å². The van der Waals surface area contributed by atoms with Gasteiger partial charge in [-0.2, -0.15) is 0 Å². The van der Waals surface area contributed by atoms with Crippen molar-refractivity contribution in [3.05, 3.63) is 201 Å². The fourth-order valence-electron chi connectivity index (χ4n) is 10.9. The van der Waals surface area contributed by atoms with Crippen LogP contribution in [0.2, 0.25) is 0 Å². The SMILES string of the molecule is CN(C)Cc1c(C(=O)NCc2ccc(F)cc2)ccc2c(CCC3CCN(Cc4ccccc4)CC3)noc12.CN(C)Cc1c(C(=O)NCc2ccc(F)cc2)ccc2c(CCC3CCN(Cc4ccccc4)CC3)noc12.Cl.Cl. The molecule has 16 heteroatoms. The van der Waals surface area contributed by atoms with Crippen LogP contribution in [0.4, 0.5) is 8.78 Å². The van der Waals surface area contributed by atoms with E-state index in [0.29, 0.717) is 60.3 Å². The predicted molar refractivity (Wildman–Crippen MR) is 318 cm³/mol. The van der Waals surface area contributed by atoms with Crippen LogP contribution in [0.15, 0.2) is 143 Å². The molecule has 2 saturated heterocycles. The Balaban J connectivity index is 0.000000225. The zero-order chi connectivity index (χ0) is 54.4. The van der Waals surface area contributed by atoms with Gasteiger partial charge >= 0.3 is 0 Å². The van der Waals surface area contributed by atoms with Crippen molar-refractivity contribution in [2.24, 2.45) is 11.8 Å². The number of carbonyl (C=O) groups excluding carboxylic acids is 2. The van der Waals surface area contributed by atoms with Crippen LogP contribution in [0, 0.1) is 23.5 Å². The Bertz CT molecular complexity index is 2980. The maximum atomic E-state index is 13.2. The number of hydrogen-bond donors (Lipinski definition) is 2. The molecule has 0 bridgehead atoms. The number of halogens is 4. The minimum absolute atomic E-state index is 0. The summed E-state index contributed by atoms with van der Waals surface area (Å²) in [7, 11) is 7.89. The molecule has 6 aromatic carbocycles. The van der Waals surface area contributed by atoms with Gasteiger partial charge < -0.3 is 29.5 Å². The van der Waals surface area contributed by atoms with E-state index in [0.717, 1.165) is 109 Å². The number of amides is 2. The second kappa shape index (κ2) is 29.8. The number of benzene rings is 6. The second-order valence-electron chi connectivity index (χ2n) is 21.8. The molecule has 0 radical (unpaired) electrons. The summed E-state index contributed by atoms with van der Waals surface area (Å²) in [5.41, 5.74) is 10.6. The molecule has 2 aromatic heterocycles. The van der Waals surface area contributed by atoms with Crippen molar-refractivity contribution in [3.8, 4) is 0 Å². The van der Waals surface area contributed by atoms with Gasteiger partial charge in [-0.25, -0.2) is 8.78 Å². The van der Waals surface area contributed by atoms with E-state index < -0.39 is 0 Å². The highest BCUT2D eigenvalue weighted by Crippen LogP contribution is 2.32. The average molecular weight is 1130 g/mol. The van der Waals surface area contributed by atoms with E-state index in [1.165, 1.54) is 61.1 Å². The topological polar surface area (TPSA) is 123 Å². The largest absolute Gasteiger partial charge is 0.356 e. The number of nitrogens with one attached hydrogen (secondary N) is 2. The van der Waals surface area contributed by atoms with Crippen molar-refractivity contribution in [1.29, 1.82) is 0 Å². The molecular weight excluding hydrogens is 1050 g/mol. The normalized spacial score (nSPS) is 14.4. The van der Waals surface area contributed by atoms with E-state index >= 15 is 0 Å². The Labute approximate surface area is 482 Å². The van der Waals surface area contributed by atoms with Crippen molar-refractivity contribution in [2.45, 2.75) is 90.6 Å². The number of aryl methyl sites for hydroxylation is 2. The fourth-order valence-corrected chi connectivity index (χ4v) is 10.9. The molecule has 2 aliphatic heterocycles. The summed E-state index contributed by atoms with van der Waals surface area (Å²) in [5.74, 6) is 0.413.